The Labute approximate surface area is 169 Å². The van der Waals surface area contributed by atoms with Gasteiger partial charge in [-0.2, -0.15) is 10.1 Å². The third-order valence-electron chi connectivity index (χ3n) is 4.07. The standard InChI is InChI=1S/C21H23N5O3/c1-3-29-20(27)17-9-4-5-10-18(17)24-19-14-23-26-21(25-19)22-12-11-15-7-6-8-16(13-15)28-2/h4-10,13-14H,3,11-12H2,1-2H3,(H2,22,24,25,26). The van der Waals surface area contributed by atoms with Gasteiger partial charge in [0.05, 0.1) is 31.2 Å². The number of para-hydroxylation sites is 1. The van der Waals surface area contributed by atoms with Gasteiger partial charge in [0.25, 0.3) is 0 Å². The minimum absolute atomic E-state index is 0.309. The third-order valence-corrected chi connectivity index (χ3v) is 4.07. The fourth-order valence-electron chi connectivity index (χ4n) is 2.70. The molecule has 150 valence electrons. The van der Waals surface area contributed by atoms with Gasteiger partial charge >= 0.3 is 5.97 Å². The van der Waals surface area contributed by atoms with Crippen molar-refractivity contribution in [3.8, 4) is 5.75 Å². The van der Waals surface area contributed by atoms with Gasteiger partial charge in [0.2, 0.25) is 5.95 Å². The first-order valence-corrected chi connectivity index (χ1v) is 9.29. The molecule has 8 nitrogen and oxygen atoms in total. The molecule has 3 rings (SSSR count). The number of aromatic nitrogens is 3. The summed E-state index contributed by atoms with van der Waals surface area (Å²) in [6.45, 7) is 2.72. The number of nitrogens with zero attached hydrogens (tertiary/aromatic N) is 3. The topological polar surface area (TPSA) is 98.3 Å². The molecule has 0 aliphatic heterocycles. The summed E-state index contributed by atoms with van der Waals surface area (Å²) in [5, 5.41) is 14.2. The van der Waals surface area contributed by atoms with E-state index in [1.54, 1.807) is 32.2 Å². The molecule has 0 spiro atoms. The molecular weight excluding hydrogens is 370 g/mol. The zero-order valence-corrected chi connectivity index (χ0v) is 16.4. The van der Waals surface area contributed by atoms with E-state index in [4.69, 9.17) is 9.47 Å². The highest BCUT2D eigenvalue weighted by Gasteiger charge is 2.12. The smallest absolute Gasteiger partial charge is 0.340 e. The maximum atomic E-state index is 12.1. The summed E-state index contributed by atoms with van der Waals surface area (Å²) in [6.07, 6.45) is 2.28. The second kappa shape index (κ2) is 10.0. The first-order chi connectivity index (χ1) is 14.2. The lowest BCUT2D eigenvalue weighted by Crippen LogP contribution is -2.11. The summed E-state index contributed by atoms with van der Waals surface area (Å²) in [6, 6.07) is 15.0. The van der Waals surface area contributed by atoms with E-state index >= 15 is 0 Å². The Hall–Kier alpha value is -3.68. The molecule has 8 heteroatoms. The minimum Gasteiger partial charge on any atom is -0.497 e. The maximum absolute atomic E-state index is 12.1. The lowest BCUT2D eigenvalue weighted by atomic mass is 10.1. The van der Waals surface area contributed by atoms with Crippen molar-refractivity contribution in [1.82, 2.24) is 15.2 Å². The van der Waals surface area contributed by atoms with Crippen molar-refractivity contribution in [3.05, 3.63) is 65.9 Å². The Morgan fingerprint density at radius 3 is 2.83 bits per heavy atom. The zero-order chi connectivity index (χ0) is 20.5. The lowest BCUT2D eigenvalue weighted by molar-refractivity contribution is 0.0527. The van der Waals surface area contributed by atoms with E-state index in [0.717, 1.165) is 17.7 Å². The average Bonchev–Trinajstić information content (AvgIpc) is 2.75. The zero-order valence-electron chi connectivity index (χ0n) is 16.4. The molecule has 0 fully saturated rings. The molecule has 0 atom stereocenters. The van der Waals surface area contributed by atoms with Crippen molar-refractivity contribution < 1.29 is 14.3 Å². The van der Waals surface area contributed by atoms with Crippen molar-refractivity contribution in [3.63, 3.8) is 0 Å². The van der Waals surface area contributed by atoms with Crippen molar-refractivity contribution >= 4 is 23.4 Å². The maximum Gasteiger partial charge on any atom is 0.340 e. The number of methoxy groups -OCH3 is 1. The van der Waals surface area contributed by atoms with Crippen LogP contribution in [0.5, 0.6) is 5.75 Å². The minimum atomic E-state index is -0.394. The van der Waals surface area contributed by atoms with E-state index in [2.05, 4.69) is 25.8 Å². The number of rotatable bonds is 9. The summed E-state index contributed by atoms with van der Waals surface area (Å²) in [5.41, 5.74) is 2.16. The van der Waals surface area contributed by atoms with Gasteiger partial charge in [0.15, 0.2) is 5.82 Å². The Bertz CT molecular complexity index is 964. The largest absolute Gasteiger partial charge is 0.497 e. The highest BCUT2D eigenvalue weighted by atomic mass is 16.5. The Kier molecular flexibility index (Phi) is 6.94. The van der Waals surface area contributed by atoms with Gasteiger partial charge in [0.1, 0.15) is 5.75 Å². The van der Waals surface area contributed by atoms with E-state index in [1.165, 1.54) is 6.20 Å². The summed E-state index contributed by atoms with van der Waals surface area (Å²) in [5.74, 6) is 1.30. The van der Waals surface area contributed by atoms with Crippen LogP contribution >= 0.6 is 0 Å². The number of nitrogens with one attached hydrogen (secondary N) is 2. The molecule has 0 saturated heterocycles. The lowest BCUT2D eigenvalue weighted by Gasteiger charge is -2.11. The summed E-state index contributed by atoms with van der Waals surface area (Å²) >= 11 is 0. The van der Waals surface area contributed by atoms with Crippen molar-refractivity contribution in [2.24, 2.45) is 0 Å². The molecule has 0 saturated carbocycles. The van der Waals surface area contributed by atoms with Crippen LogP contribution in [0.1, 0.15) is 22.8 Å². The summed E-state index contributed by atoms with van der Waals surface area (Å²) in [7, 11) is 1.65. The molecule has 0 radical (unpaired) electrons. The Balaban J connectivity index is 1.63. The van der Waals surface area contributed by atoms with Gasteiger partial charge < -0.3 is 20.1 Å². The summed E-state index contributed by atoms with van der Waals surface area (Å²) < 4.78 is 10.3. The molecular formula is C21H23N5O3. The number of benzene rings is 2. The van der Waals surface area contributed by atoms with Crippen LogP contribution < -0.4 is 15.4 Å². The highest BCUT2D eigenvalue weighted by Crippen LogP contribution is 2.20. The van der Waals surface area contributed by atoms with Crippen LogP contribution in [0.2, 0.25) is 0 Å². The molecule has 0 amide bonds. The number of ether oxygens (including phenoxy) is 2. The van der Waals surface area contributed by atoms with Gasteiger partial charge in [-0.3, -0.25) is 0 Å². The van der Waals surface area contributed by atoms with Crippen LogP contribution in [0.3, 0.4) is 0 Å². The van der Waals surface area contributed by atoms with Gasteiger partial charge in [-0.15, -0.1) is 5.10 Å². The highest BCUT2D eigenvalue weighted by molar-refractivity contribution is 5.96. The normalized spacial score (nSPS) is 10.3. The molecule has 1 aromatic heterocycles. The van der Waals surface area contributed by atoms with Crippen molar-refractivity contribution in [1.29, 1.82) is 0 Å². The van der Waals surface area contributed by atoms with Gasteiger partial charge in [-0.05, 0) is 43.2 Å². The third kappa shape index (κ3) is 5.65. The van der Waals surface area contributed by atoms with Crippen molar-refractivity contribution in [2.45, 2.75) is 13.3 Å². The van der Waals surface area contributed by atoms with Crippen molar-refractivity contribution in [2.75, 3.05) is 30.9 Å². The second-order valence-corrected chi connectivity index (χ2v) is 6.08. The predicted octanol–water partition coefficient (Wildman–Crippen LogP) is 3.46. The molecule has 2 aromatic carbocycles. The monoisotopic (exact) mass is 393 g/mol. The Morgan fingerprint density at radius 2 is 2.00 bits per heavy atom. The molecule has 29 heavy (non-hydrogen) atoms. The van der Waals surface area contributed by atoms with Gasteiger partial charge in [-0.1, -0.05) is 24.3 Å². The fourth-order valence-corrected chi connectivity index (χ4v) is 2.70. The van der Waals surface area contributed by atoms with E-state index in [1.807, 2.05) is 30.3 Å². The van der Waals surface area contributed by atoms with E-state index < -0.39 is 5.97 Å². The molecule has 1 heterocycles. The van der Waals surface area contributed by atoms with Crippen LogP contribution in [0.25, 0.3) is 0 Å². The van der Waals surface area contributed by atoms with Crippen LogP contribution in [0, 0.1) is 0 Å². The molecule has 0 aliphatic rings. The summed E-state index contributed by atoms with van der Waals surface area (Å²) in [4.78, 5) is 16.5. The van der Waals surface area contributed by atoms with E-state index in [-0.39, 0.29) is 0 Å². The molecule has 3 aromatic rings. The first kappa shape index (κ1) is 20.1. The van der Waals surface area contributed by atoms with E-state index in [0.29, 0.717) is 36.2 Å². The number of hydrogen-bond acceptors (Lipinski definition) is 8. The average molecular weight is 393 g/mol. The quantitative estimate of drug-likeness (QED) is 0.534. The van der Waals surface area contributed by atoms with Gasteiger partial charge in [-0.25, -0.2) is 4.79 Å². The van der Waals surface area contributed by atoms with Crippen LogP contribution in [0.15, 0.2) is 54.7 Å². The van der Waals surface area contributed by atoms with Gasteiger partial charge in [0, 0.05) is 6.54 Å². The molecule has 0 unspecified atom stereocenters. The SMILES string of the molecule is CCOC(=O)c1ccccc1Nc1cnnc(NCCc2cccc(OC)c2)n1. The first-order valence-electron chi connectivity index (χ1n) is 9.29. The number of carbonyl (C=O) groups is 1. The fraction of sp³-hybridized carbons (Fsp3) is 0.238. The molecule has 0 bridgehead atoms. The predicted molar refractivity (Wildman–Crippen MR) is 111 cm³/mol. The van der Waals surface area contributed by atoms with Crippen LogP contribution in [0.4, 0.5) is 17.5 Å². The number of anilines is 3. The van der Waals surface area contributed by atoms with E-state index in [9.17, 15) is 4.79 Å². The number of esters is 1. The number of carbonyl (C=O) groups excluding carboxylic acids is 1. The van der Waals surface area contributed by atoms with Crippen LogP contribution in [-0.4, -0.2) is 41.4 Å². The Morgan fingerprint density at radius 1 is 1.14 bits per heavy atom. The second-order valence-electron chi connectivity index (χ2n) is 6.08. The van der Waals surface area contributed by atoms with Crippen LogP contribution in [-0.2, 0) is 11.2 Å². The molecule has 2 N–H and O–H groups in total. The molecule has 0 aliphatic carbocycles. The number of hydrogen-bond donors (Lipinski definition) is 2.